The Morgan fingerprint density at radius 3 is 2.73 bits per heavy atom. The molecule has 0 aliphatic carbocycles. The molecule has 7 heteroatoms. The summed E-state index contributed by atoms with van der Waals surface area (Å²) in [5, 5.41) is 2.00. The van der Waals surface area contributed by atoms with Crippen molar-refractivity contribution in [3.8, 4) is 16.9 Å². The molecule has 0 atom stereocenters. The van der Waals surface area contributed by atoms with Crippen LogP contribution < -0.4 is 10.2 Å². The Hall–Kier alpha value is -2.64. The topological polar surface area (TPSA) is 67.9 Å². The van der Waals surface area contributed by atoms with Crippen molar-refractivity contribution in [2.75, 3.05) is 6.61 Å². The van der Waals surface area contributed by atoms with Gasteiger partial charge in [-0.05, 0) is 18.4 Å². The number of nitrogens with one attached hydrogen (secondary N) is 1. The molecular formula is C23H23N3O2S2. The number of hydrogen-bond acceptors (Lipinski definition) is 6. The van der Waals surface area contributed by atoms with Gasteiger partial charge in [-0.15, -0.1) is 11.3 Å². The molecule has 154 valence electrons. The summed E-state index contributed by atoms with van der Waals surface area (Å²) in [5.74, 6) is 1.34. The number of aromatic amines is 1. The van der Waals surface area contributed by atoms with Crippen molar-refractivity contribution in [1.29, 1.82) is 0 Å². The van der Waals surface area contributed by atoms with Gasteiger partial charge in [-0.3, -0.25) is 4.79 Å². The van der Waals surface area contributed by atoms with Gasteiger partial charge in [-0.25, -0.2) is 9.97 Å². The minimum absolute atomic E-state index is 0.103. The zero-order valence-electron chi connectivity index (χ0n) is 17.1. The van der Waals surface area contributed by atoms with Crippen molar-refractivity contribution in [1.82, 2.24) is 15.0 Å². The average Bonchev–Trinajstić information content (AvgIpc) is 3.08. The first-order valence-electron chi connectivity index (χ1n) is 9.79. The van der Waals surface area contributed by atoms with E-state index >= 15 is 0 Å². The number of benzene rings is 1. The molecule has 4 rings (SSSR count). The standard InChI is InChI=1S/C23H23N3O2S2/c1-14(2)11-28-19-10-24-17(9-18(19)27)12-29-22-21-20(16-7-5-4-6-8-16)15(3)30-23(21)26-13-25-22/h4-10,13-14H,11-12H2,1-3H3,(H,24,27). The maximum Gasteiger partial charge on any atom is 0.223 e. The van der Waals surface area contributed by atoms with Gasteiger partial charge >= 0.3 is 0 Å². The summed E-state index contributed by atoms with van der Waals surface area (Å²) < 4.78 is 5.57. The van der Waals surface area contributed by atoms with E-state index in [2.05, 4.69) is 47.9 Å². The van der Waals surface area contributed by atoms with Crippen molar-refractivity contribution in [2.24, 2.45) is 5.92 Å². The van der Waals surface area contributed by atoms with Crippen LogP contribution in [0, 0.1) is 12.8 Å². The Morgan fingerprint density at radius 1 is 1.20 bits per heavy atom. The zero-order valence-corrected chi connectivity index (χ0v) is 18.8. The van der Waals surface area contributed by atoms with Crippen molar-refractivity contribution in [2.45, 2.75) is 31.6 Å². The van der Waals surface area contributed by atoms with Crippen LogP contribution in [-0.2, 0) is 5.75 Å². The molecule has 0 amide bonds. The zero-order chi connectivity index (χ0) is 21.1. The highest BCUT2D eigenvalue weighted by Crippen LogP contribution is 2.41. The first-order valence-corrected chi connectivity index (χ1v) is 11.6. The lowest BCUT2D eigenvalue weighted by Gasteiger charge is -2.09. The number of fused-ring (bicyclic) bond motifs is 1. The van der Waals surface area contributed by atoms with Crippen LogP contribution in [0.2, 0.25) is 0 Å². The minimum atomic E-state index is -0.103. The maximum absolute atomic E-state index is 12.3. The SMILES string of the molecule is Cc1sc2ncnc(SCc3cc(=O)c(OCC(C)C)c[nH]3)c2c1-c1ccccc1. The van der Waals surface area contributed by atoms with Gasteiger partial charge in [0.1, 0.15) is 16.2 Å². The van der Waals surface area contributed by atoms with Gasteiger partial charge in [0.15, 0.2) is 5.75 Å². The maximum atomic E-state index is 12.3. The molecule has 0 unspecified atom stereocenters. The van der Waals surface area contributed by atoms with Gasteiger partial charge in [0.05, 0.1) is 12.0 Å². The summed E-state index contributed by atoms with van der Waals surface area (Å²) in [5.41, 5.74) is 3.08. The van der Waals surface area contributed by atoms with E-state index in [0.717, 1.165) is 26.5 Å². The third-order valence-corrected chi connectivity index (χ3v) is 6.62. The molecule has 0 radical (unpaired) electrons. The largest absolute Gasteiger partial charge is 0.488 e. The summed E-state index contributed by atoms with van der Waals surface area (Å²) in [4.78, 5) is 26.8. The molecular weight excluding hydrogens is 414 g/mol. The van der Waals surface area contributed by atoms with Gasteiger partial charge in [-0.1, -0.05) is 55.9 Å². The van der Waals surface area contributed by atoms with E-state index in [1.54, 1.807) is 41.7 Å². The number of aryl methyl sites for hydroxylation is 1. The number of pyridine rings is 1. The van der Waals surface area contributed by atoms with E-state index in [1.807, 2.05) is 18.2 Å². The fourth-order valence-electron chi connectivity index (χ4n) is 3.18. The molecule has 30 heavy (non-hydrogen) atoms. The highest BCUT2D eigenvalue weighted by molar-refractivity contribution is 7.98. The molecule has 5 nitrogen and oxygen atoms in total. The molecule has 3 heterocycles. The molecule has 0 spiro atoms. The molecule has 0 bridgehead atoms. The Balaban J connectivity index is 1.61. The molecule has 0 fully saturated rings. The normalized spacial score (nSPS) is 11.3. The van der Waals surface area contributed by atoms with E-state index in [0.29, 0.717) is 24.0 Å². The van der Waals surface area contributed by atoms with Crippen LogP contribution in [-0.4, -0.2) is 21.6 Å². The quantitative estimate of drug-likeness (QED) is 0.297. The number of nitrogens with zero attached hydrogens (tertiary/aromatic N) is 2. The van der Waals surface area contributed by atoms with Crippen molar-refractivity contribution >= 4 is 33.3 Å². The number of thioether (sulfide) groups is 1. The smallest absolute Gasteiger partial charge is 0.223 e. The Kier molecular flexibility index (Phi) is 6.20. The van der Waals surface area contributed by atoms with Gasteiger partial charge < -0.3 is 9.72 Å². The predicted octanol–water partition coefficient (Wildman–Crippen LogP) is 5.68. The second kappa shape index (κ2) is 9.02. The van der Waals surface area contributed by atoms with Crippen LogP contribution in [0.3, 0.4) is 0 Å². The lowest BCUT2D eigenvalue weighted by atomic mass is 10.0. The molecule has 0 saturated carbocycles. The van der Waals surface area contributed by atoms with Crippen LogP contribution >= 0.6 is 23.1 Å². The van der Waals surface area contributed by atoms with Crippen LogP contribution in [0.5, 0.6) is 5.75 Å². The minimum Gasteiger partial charge on any atom is -0.488 e. The lowest BCUT2D eigenvalue weighted by Crippen LogP contribution is -2.13. The van der Waals surface area contributed by atoms with Gasteiger partial charge in [0, 0.05) is 34.2 Å². The van der Waals surface area contributed by atoms with Crippen molar-refractivity contribution in [3.63, 3.8) is 0 Å². The van der Waals surface area contributed by atoms with Crippen LogP contribution in [0.4, 0.5) is 0 Å². The first-order chi connectivity index (χ1) is 14.5. The number of H-pyrrole nitrogens is 1. The molecule has 4 aromatic rings. The molecule has 1 N–H and O–H groups in total. The number of aromatic nitrogens is 3. The Morgan fingerprint density at radius 2 is 2.00 bits per heavy atom. The van der Waals surface area contributed by atoms with Gasteiger partial charge in [0.25, 0.3) is 0 Å². The average molecular weight is 438 g/mol. The third kappa shape index (κ3) is 4.42. The van der Waals surface area contributed by atoms with Crippen molar-refractivity contribution in [3.05, 3.63) is 69.7 Å². The Bertz CT molecular complexity index is 1220. The highest BCUT2D eigenvalue weighted by atomic mass is 32.2. The molecule has 0 aliphatic heterocycles. The fraction of sp³-hybridized carbons (Fsp3) is 0.261. The summed E-state index contributed by atoms with van der Waals surface area (Å²) in [7, 11) is 0. The predicted molar refractivity (Wildman–Crippen MR) is 125 cm³/mol. The fourth-order valence-corrected chi connectivity index (χ4v) is 5.18. The van der Waals surface area contributed by atoms with E-state index in [4.69, 9.17) is 4.74 Å². The second-order valence-corrected chi connectivity index (χ2v) is 9.61. The number of ether oxygens (including phenoxy) is 1. The van der Waals surface area contributed by atoms with Crippen LogP contribution in [0.1, 0.15) is 24.4 Å². The first kappa shape index (κ1) is 20.6. The van der Waals surface area contributed by atoms with Gasteiger partial charge in [0.2, 0.25) is 5.43 Å². The van der Waals surface area contributed by atoms with Crippen molar-refractivity contribution < 1.29 is 4.74 Å². The number of thiophene rings is 1. The lowest BCUT2D eigenvalue weighted by molar-refractivity contribution is 0.268. The second-order valence-electron chi connectivity index (χ2n) is 7.44. The van der Waals surface area contributed by atoms with E-state index in [1.165, 1.54) is 10.4 Å². The monoisotopic (exact) mass is 437 g/mol. The van der Waals surface area contributed by atoms with E-state index in [-0.39, 0.29) is 5.43 Å². The van der Waals surface area contributed by atoms with Gasteiger partial charge in [-0.2, -0.15) is 0 Å². The third-order valence-electron chi connectivity index (χ3n) is 4.57. The molecule has 3 aromatic heterocycles. The summed E-state index contributed by atoms with van der Waals surface area (Å²) in [6, 6.07) is 11.9. The van der Waals surface area contributed by atoms with E-state index < -0.39 is 0 Å². The summed E-state index contributed by atoms with van der Waals surface area (Å²) in [6.07, 6.45) is 3.27. The number of rotatable bonds is 7. The highest BCUT2D eigenvalue weighted by Gasteiger charge is 2.17. The summed E-state index contributed by atoms with van der Waals surface area (Å²) >= 11 is 3.29. The Labute approximate surface area is 183 Å². The summed E-state index contributed by atoms with van der Waals surface area (Å²) in [6.45, 7) is 6.75. The van der Waals surface area contributed by atoms with E-state index in [9.17, 15) is 4.79 Å². The van der Waals surface area contributed by atoms with Crippen LogP contribution in [0.25, 0.3) is 21.3 Å². The molecule has 1 aromatic carbocycles. The molecule has 0 saturated heterocycles. The molecule has 0 aliphatic rings. The number of hydrogen-bond donors (Lipinski definition) is 1. The van der Waals surface area contributed by atoms with Crippen LogP contribution in [0.15, 0.2) is 58.7 Å².